The molecule has 0 aliphatic carbocycles. The van der Waals surface area contributed by atoms with Crippen molar-refractivity contribution in [3.05, 3.63) is 93.6 Å². The Balaban J connectivity index is 1.19. The molecule has 0 saturated carbocycles. The second-order valence-corrected chi connectivity index (χ2v) is 10.1. The van der Waals surface area contributed by atoms with Gasteiger partial charge in [0.05, 0.1) is 15.6 Å². The average molecular weight is 535 g/mol. The van der Waals surface area contributed by atoms with Crippen LogP contribution in [0.2, 0.25) is 5.02 Å². The Kier molecular flexibility index (Phi) is 7.18. The molecule has 2 amide bonds. The first-order valence-electron chi connectivity index (χ1n) is 11.5. The molecule has 1 aliphatic heterocycles. The highest BCUT2D eigenvalue weighted by molar-refractivity contribution is 7.80. The molecule has 1 aromatic heterocycles. The van der Waals surface area contributed by atoms with Crippen LogP contribution in [0.25, 0.3) is 10.8 Å². The highest BCUT2D eigenvalue weighted by Gasteiger charge is 2.24. The van der Waals surface area contributed by atoms with E-state index < -0.39 is 0 Å². The van der Waals surface area contributed by atoms with Crippen molar-refractivity contribution in [1.82, 2.24) is 10.2 Å². The van der Waals surface area contributed by atoms with E-state index in [0.717, 1.165) is 21.3 Å². The predicted molar refractivity (Wildman–Crippen MR) is 152 cm³/mol. The Morgan fingerprint density at radius 2 is 1.69 bits per heavy atom. The summed E-state index contributed by atoms with van der Waals surface area (Å²) < 4.78 is 0. The standard InChI is InChI=1S/C27H23ClN4O2S2/c28-22-17-19(29-27(35)30-25(33)21-8-3-6-18-5-1-2-7-20(18)21)10-11-23(22)31-12-14-32(15-13-31)26(34)24-9-4-16-36-24/h1-11,16-17H,12-15H2,(H2,29,30,33,35). The molecule has 0 unspecified atom stereocenters. The normalized spacial score (nSPS) is 13.5. The number of hydrogen-bond donors (Lipinski definition) is 2. The Morgan fingerprint density at radius 1 is 0.917 bits per heavy atom. The van der Waals surface area contributed by atoms with E-state index in [0.29, 0.717) is 42.5 Å². The number of fused-ring (bicyclic) bond motifs is 1. The zero-order valence-corrected chi connectivity index (χ0v) is 21.6. The van der Waals surface area contributed by atoms with Crippen LogP contribution in [-0.4, -0.2) is 48.0 Å². The molecule has 182 valence electrons. The van der Waals surface area contributed by atoms with Crippen LogP contribution in [0.3, 0.4) is 0 Å². The summed E-state index contributed by atoms with van der Waals surface area (Å²) in [6.07, 6.45) is 0. The summed E-state index contributed by atoms with van der Waals surface area (Å²) in [5.74, 6) is -0.198. The Bertz CT molecular complexity index is 1430. The third kappa shape index (κ3) is 5.21. The van der Waals surface area contributed by atoms with Crippen LogP contribution in [-0.2, 0) is 0 Å². The molecule has 1 aliphatic rings. The van der Waals surface area contributed by atoms with Gasteiger partial charge in [0.15, 0.2) is 5.11 Å². The molecule has 2 N–H and O–H groups in total. The maximum Gasteiger partial charge on any atom is 0.264 e. The van der Waals surface area contributed by atoms with E-state index >= 15 is 0 Å². The fraction of sp³-hybridized carbons (Fsp3) is 0.148. The van der Waals surface area contributed by atoms with Crippen LogP contribution < -0.4 is 15.5 Å². The van der Waals surface area contributed by atoms with Crippen LogP contribution in [0.4, 0.5) is 11.4 Å². The second-order valence-electron chi connectivity index (χ2n) is 8.36. The van der Waals surface area contributed by atoms with E-state index in [1.54, 1.807) is 12.1 Å². The van der Waals surface area contributed by atoms with Gasteiger partial charge in [-0.05, 0) is 58.7 Å². The van der Waals surface area contributed by atoms with Gasteiger partial charge in [0.25, 0.3) is 11.8 Å². The van der Waals surface area contributed by atoms with Crippen LogP contribution in [0.1, 0.15) is 20.0 Å². The van der Waals surface area contributed by atoms with Gasteiger partial charge in [0, 0.05) is 37.4 Å². The topological polar surface area (TPSA) is 64.7 Å². The lowest BCUT2D eigenvalue weighted by Gasteiger charge is -2.36. The number of nitrogens with zero attached hydrogens (tertiary/aromatic N) is 2. The van der Waals surface area contributed by atoms with E-state index in [-0.39, 0.29) is 16.9 Å². The van der Waals surface area contributed by atoms with E-state index in [4.69, 9.17) is 23.8 Å². The number of hydrogen-bond acceptors (Lipinski definition) is 5. The zero-order valence-electron chi connectivity index (χ0n) is 19.2. The summed E-state index contributed by atoms with van der Waals surface area (Å²) in [7, 11) is 0. The molecule has 1 saturated heterocycles. The van der Waals surface area contributed by atoms with Gasteiger partial charge >= 0.3 is 0 Å². The van der Waals surface area contributed by atoms with Gasteiger partial charge in [-0.15, -0.1) is 11.3 Å². The van der Waals surface area contributed by atoms with Crippen molar-refractivity contribution >= 4 is 74.2 Å². The predicted octanol–water partition coefficient (Wildman–Crippen LogP) is 5.64. The Hall–Kier alpha value is -3.46. The number of benzene rings is 3. The van der Waals surface area contributed by atoms with Gasteiger partial charge in [-0.1, -0.05) is 54.1 Å². The molecule has 0 radical (unpaired) electrons. The highest BCUT2D eigenvalue weighted by atomic mass is 35.5. The lowest BCUT2D eigenvalue weighted by Crippen LogP contribution is -2.48. The van der Waals surface area contributed by atoms with Crippen molar-refractivity contribution in [2.75, 3.05) is 36.4 Å². The molecular formula is C27H23ClN4O2S2. The van der Waals surface area contributed by atoms with Crippen molar-refractivity contribution in [2.24, 2.45) is 0 Å². The van der Waals surface area contributed by atoms with E-state index in [1.807, 2.05) is 70.9 Å². The first-order chi connectivity index (χ1) is 17.5. The van der Waals surface area contributed by atoms with Crippen molar-refractivity contribution in [2.45, 2.75) is 0 Å². The van der Waals surface area contributed by atoms with Crippen molar-refractivity contribution in [3.63, 3.8) is 0 Å². The van der Waals surface area contributed by atoms with Crippen LogP contribution >= 0.6 is 35.2 Å². The second kappa shape index (κ2) is 10.7. The number of halogens is 1. The maximum atomic E-state index is 12.8. The smallest absolute Gasteiger partial charge is 0.264 e. The third-order valence-corrected chi connectivity index (χ3v) is 7.47. The molecule has 36 heavy (non-hydrogen) atoms. The summed E-state index contributed by atoms with van der Waals surface area (Å²) in [6.45, 7) is 2.67. The SMILES string of the molecule is O=C(NC(=S)Nc1ccc(N2CCN(C(=O)c3cccs3)CC2)c(Cl)c1)c1cccc2ccccc12. The van der Waals surface area contributed by atoms with Gasteiger partial charge in [0.1, 0.15) is 0 Å². The van der Waals surface area contributed by atoms with Crippen molar-refractivity contribution in [1.29, 1.82) is 0 Å². The fourth-order valence-electron chi connectivity index (χ4n) is 4.30. The largest absolute Gasteiger partial charge is 0.367 e. The number of nitrogens with one attached hydrogen (secondary N) is 2. The van der Waals surface area contributed by atoms with Crippen LogP contribution in [0, 0.1) is 0 Å². The number of anilines is 2. The monoisotopic (exact) mass is 534 g/mol. The van der Waals surface area contributed by atoms with E-state index in [2.05, 4.69) is 15.5 Å². The van der Waals surface area contributed by atoms with E-state index in [1.165, 1.54) is 11.3 Å². The molecule has 0 bridgehead atoms. The maximum absolute atomic E-state index is 12.8. The van der Waals surface area contributed by atoms with E-state index in [9.17, 15) is 9.59 Å². The van der Waals surface area contributed by atoms with Gasteiger partial charge < -0.3 is 15.1 Å². The van der Waals surface area contributed by atoms with Gasteiger partial charge in [-0.3, -0.25) is 14.9 Å². The molecule has 5 rings (SSSR count). The summed E-state index contributed by atoms with van der Waals surface area (Å²) in [4.78, 5) is 30.2. The Morgan fingerprint density at radius 3 is 2.44 bits per heavy atom. The number of thiophene rings is 1. The summed E-state index contributed by atoms with van der Waals surface area (Å²) in [5.41, 5.74) is 2.14. The molecular weight excluding hydrogens is 512 g/mol. The number of piperazine rings is 1. The first-order valence-corrected chi connectivity index (χ1v) is 13.1. The number of carbonyl (C=O) groups excluding carboxylic acids is 2. The molecule has 6 nitrogen and oxygen atoms in total. The minimum Gasteiger partial charge on any atom is -0.367 e. The summed E-state index contributed by atoms with van der Waals surface area (Å²) in [6, 6.07) is 22.7. The number of carbonyl (C=O) groups is 2. The van der Waals surface area contributed by atoms with Crippen LogP contribution in [0.5, 0.6) is 0 Å². The highest BCUT2D eigenvalue weighted by Crippen LogP contribution is 2.30. The number of rotatable bonds is 4. The van der Waals surface area contributed by atoms with Crippen molar-refractivity contribution < 1.29 is 9.59 Å². The van der Waals surface area contributed by atoms with Crippen LogP contribution in [0.15, 0.2) is 78.2 Å². The van der Waals surface area contributed by atoms with Gasteiger partial charge in [-0.2, -0.15) is 0 Å². The molecule has 2 heterocycles. The first kappa shape index (κ1) is 24.2. The number of thiocarbonyl (C=S) groups is 1. The molecule has 0 spiro atoms. The minimum absolute atomic E-state index is 0.0781. The molecule has 4 aromatic rings. The Labute approximate surface area is 223 Å². The minimum atomic E-state index is -0.276. The molecule has 3 aromatic carbocycles. The number of amides is 2. The van der Waals surface area contributed by atoms with Crippen molar-refractivity contribution in [3.8, 4) is 0 Å². The summed E-state index contributed by atoms with van der Waals surface area (Å²) in [5, 5.41) is 10.3. The third-order valence-electron chi connectivity index (χ3n) is 6.11. The molecule has 1 fully saturated rings. The summed E-state index contributed by atoms with van der Waals surface area (Å²) >= 11 is 13.4. The quantitative estimate of drug-likeness (QED) is 0.332. The lowest BCUT2D eigenvalue weighted by molar-refractivity contribution is 0.0751. The van der Waals surface area contributed by atoms with Gasteiger partial charge in [0.2, 0.25) is 0 Å². The lowest BCUT2D eigenvalue weighted by atomic mass is 10.0. The average Bonchev–Trinajstić information content (AvgIpc) is 3.43. The zero-order chi connectivity index (χ0) is 25.1. The molecule has 0 atom stereocenters. The fourth-order valence-corrected chi connectivity index (χ4v) is 5.51. The van der Waals surface area contributed by atoms with Gasteiger partial charge in [-0.25, -0.2) is 0 Å². The molecule has 9 heteroatoms.